The van der Waals surface area contributed by atoms with E-state index in [4.69, 9.17) is 4.74 Å². The molecule has 5 nitrogen and oxygen atoms in total. The fraction of sp³-hybridized carbons (Fsp3) is 0.500. The number of ether oxygens (including phenoxy) is 1. The standard InChI is InChI=1S/C12H17N3O2/c1-13-12(16)10-9(17-8-4-5-8)6-7-14-11(10)15(2)3/h6-8H,4-5H2,1-3H3,(H,13,16). The van der Waals surface area contributed by atoms with Crippen molar-refractivity contribution in [3.8, 4) is 5.75 Å². The zero-order valence-corrected chi connectivity index (χ0v) is 10.4. The summed E-state index contributed by atoms with van der Waals surface area (Å²) in [5.41, 5.74) is 0.506. The number of hydrogen-bond donors (Lipinski definition) is 1. The van der Waals surface area contributed by atoms with Crippen molar-refractivity contribution in [2.24, 2.45) is 0 Å². The first-order valence-corrected chi connectivity index (χ1v) is 5.68. The minimum absolute atomic E-state index is 0.169. The van der Waals surface area contributed by atoms with Gasteiger partial charge in [-0.15, -0.1) is 0 Å². The van der Waals surface area contributed by atoms with Crippen LogP contribution in [0.25, 0.3) is 0 Å². The molecule has 1 aromatic rings. The second-order valence-electron chi connectivity index (χ2n) is 4.30. The zero-order chi connectivity index (χ0) is 12.4. The number of amides is 1. The number of carbonyl (C=O) groups is 1. The van der Waals surface area contributed by atoms with Crippen LogP contribution in [0.1, 0.15) is 23.2 Å². The number of carbonyl (C=O) groups excluding carboxylic acids is 1. The van der Waals surface area contributed by atoms with Crippen LogP contribution in [0, 0.1) is 0 Å². The molecular formula is C12H17N3O2. The van der Waals surface area contributed by atoms with Gasteiger partial charge in [-0.2, -0.15) is 0 Å². The highest BCUT2D eigenvalue weighted by Gasteiger charge is 2.27. The average molecular weight is 235 g/mol. The van der Waals surface area contributed by atoms with Crippen molar-refractivity contribution in [2.75, 3.05) is 26.0 Å². The summed E-state index contributed by atoms with van der Waals surface area (Å²) in [5, 5.41) is 2.62. The topological polar surface area (TPSA) is 54.5 Å². The first-order valence-electron chi connectivity index (χ1n) is 5.68. The molecule has 0 bridgehead atoms. The third-order valence-corrected chi connectivity index (χ3v) is 2.59. The molecule has 2 rings (SSSR count). The van der Waals surface area contributed by atoms with E-state index in [0.29, 0.717) is 17.1 Å². The summed E-state index contributed by atoms with van der Waals surface area (Å²) >= 11 is 0. The summed E-state index contributed by atoms with van der Waals surface area (Å²) in [4.78, 5) is 17.9. The van der Waals surface area contributed by atoms with Crippen LogP contribution in [-0.2, 0) is 0 Å². The van der Waals surface area contributed by atoms with Crippen LogP contribution >= 0.6 is 0 Å². The summed E-state index contributed by atoms with van der Waals surface area (Å²) in [7, 11) is 5.32. The van der Waals surface area contributed by atoms with Gasteiger partial charge in [0, 0.05) is 27.3 Å². The van der Waals surface area contributed by atoms with Gasteiger partial charge in [-0.1, -0.05) is 0 Å². The van der Waals surface area contributed by atoms with Crippen LogP contribution in [-0.4, -0.2) is 38.1 Å². The monoisotopic (exact) mass is 235 g/mol. The largest absolute Gasteiger partial charge is 0.489 e. The maximum Gasteiger partial charge on any atom is 0.258 e. The summed E-state index contributed by atoms with van der Waals surface area (Å²) in [6, 6.07) is 1.75. The molecule has 1 fully saturated rings. The van der Waals surface area contributed by atoms with Crippen LogP contribution in [0.3, 0.4) is 0 Å². The Morgan fingerprint density at radius 1 is 1.53 bits per heavy atom. The van der Waals surface area contributed by atoms with Crippen LogP contribution in [0.15, 0.2) is 12.3 Å². The quantitative estimate of drug-likeness (QED) is 0.847. The molecule has 1 aliphatic carbocycles. The lowest BCUT2D eigenvalue weighted by Gasteiger charge is -2.18. The number of nitrogens with zero attached hydrogens (tertiary/aromatic N) is 2. The molecule has 0 aliphatic heterocycles. The minimum Gasteiger partial charge on any atom is -0.489 e. The van der Waals surface area contributed by atoms with Crippen LogP contribution in [0.5, 0.6) is 5.75 Å². The summed E-state index contributed by atoms with van der Waals surface area (Å²) in [5.74, 6) is 1.07. The highest BCUT2D eigenvalue weighted by molar-refractivity contribution is 6.01. The van der Waals surface area contributed by atoms with Crippen molar-refractivity contribution in [3.63, 3.8) is 0 Å². The summed E-state index contributed by atoms with van der Waals surface area (Å²) in [6.45, 7) is 0. The van der Waals surface area contributed by atoms with Crippen molar-refractivity contribution in [3.05, 3.63) is 17.8 Å². The van der Waals surface area contributed by atoms with E-state index in [0.717, 1.165) is 12.8 Å². The Bertz CT molecular complexity index is 428. The number of anilines is 1. The number of rotatable bonds is 4. The first kappa shape index (κ1) is 11.7. The highest BCUT2D eigenvalue weighted by atomic mass is 16.5. The van der Waals surface area contributed by atoms with E-state index in [9.17, 15) is 4.79 Å². The van der Waals surface area contributed by atoms with Gasteiger partial charge < -0.3 is 15.0 Å². The Morgan fingerprint density at radius 3 is 2.76 bits per heavy atom. The summed E-state index contributed by atoms with van der Waals surface area (Å²) in [6.07, 6.45) is 4.05. The Morgan fingerprint density at radius 2 is 2.24 bits per heavy atom. The fourth-order valence-electron chi connectivity index (χ4n) is 1.57. The van der Waals surface area contributed by atoms with E-state index < -0.39 is 0 Å². The third kappa shape index (κ3) is 2.49. The van der Waals surface area contributed by atoms with Crippen molar-refractivity contribution in [1.29, 1.82) is 0 Å². The Balaban J connectivity index is 2.41. The van der Waals surface area contributed by atoms with Crippen LogP contribution in [0.2, 0.25) is 0 Å². The van der Waals surface area contributed by atoms with Crippen LogP contribution < -0.4 is 15.0 Å². The third-order valence-electron chi connectivity index (χ3n) is 2.59. The van der Waals surface area contributed by atoms with Gasteiger partial charge >= 0.3 is 0 Å². The maximum absolute atomic E-state index is 11.9. The molecule has 0 saturated heterocycles. The van der Waals surface area contributed by atoms with Gasteiger partial charge in [-0.25, -0.2) is 4.98 Å². The van der Waals surface area contributed by atoms with Gasteiger partial charge in [0.2, 0.25) is 0 Å². The molecule has 1 amide bonds. The molecule has 17 heavy (non-hydrogen) atoms. The smallest absolute Gasteiger partial charge is 0.258 e. The molecule has 1 N–H and O–H groups in total. The SMILES string of the molecule is CNC(=O)c1c(OC2CC2)ccnc1N(C)C. The second kappa shape index (κ2) is 4.61. The number of aromatic nitrogens is 1. The molecule has 92 valence electrons. The second-order valence-corrected chi connectivity index (χ2v) is 4.30. The molecule has 5 heteroatoms. The normalized spacial score (nSPS) is 14.3. The molecule has 0 unspecified atom stereocenters. The Kier molecular flexibility index (Phi) is 3.17. The van der Waals surface area contributed by atoms with E-state index >= 15 is 0 Å². The predicted octanol–water partition coefficient (Wildman–Crippen LogP) is 1.05. The molecule has 1 aromatic heterocycles. The van der Waals surface area contributed by atoms with Gasteiger partial charge in [-0.3, -0.25) is 4.79 Å². The lowest BCUT2D eigenvalue weighted by atomic mass is 10.2. The van der Waals surface area contributed by atoms with Crippen LogP contribution in [0.4, 0.5) is 5.82 Å². The van der Waals surface area contributed by atoms with E-state index in [2.05, 4.69) is 10.3 Å². The van der Waals surface area contributed by atoms with Crippen molar-refractivity contribution >= 4 is 11.7 Å². The Labute approximate surface area is 101 Å². The van der Waals surface area contributed by atoms with Gasteiger partial charge in [0.25, 0.3) is 5.91 Å². The van der Waals surface area contributed by atoms with Gasteiger partial charge in [0.05, 0.1) is 6.10 Å². The number of nitrogens with one attached hydrogen (secondary N) is 1. The lowest BCUT2D eigenvalue weighted by molar-refractivity contribution is 0.0959. The van der Waals surface area contributed by atoms with Gasteiger partial charge in [0.1, 0.15) is 17.1 Å². The first-order chi connectivity index (χ1) is 8.13. The highest BCUT2D eigenvalue weighted by Crippen LogP contribution is 2.32. The molecule has 0 spiro atoms. The fourth-order valence-corrected chi connectivity index (χ4v) is 1.57. The molecular weight excluding hydrogens is 218 g/mol. The van der Waals surface area contributed by atoms with E-state index in [1.165, 1.54) is 0 Å². The van der Waals surface area contributed by atoms with E-state index in [-0.39, 0.29) is 12.0 Å². The number of hydrogen-bond acceptors (Lipinski definition) is 4. The number of pyridine rings is 1. The van der Waals surface area contributed by atoms with Gasteiger partial charge in [0.15, 0.2) is 0 Å². The molecule has 1 heterocycles. The lowest BCUT2D eigenvalue weighted by Crippen LogP contribution is -2.24. The molecule has 0 aromatic carbocycles. The summed E-state index contributed by atoms with van der Waals surface area (Å²) < 4.78 is 5.74. The van der Waals surface area contributed by atoms with Gasteiger partial charge in [-0.05, 0) is 18.9 Å². The Hall–Kier alpha value is -1.78. The van der Waals surface area contributed by atoms with E-state index in [1.807, 2.05) is 19.0 Å². The predicted molar refractivity (Wildman–Crippen MR) is 65.6 cm³/mol. The van der Waals surface area contributed by atoms with Crippen molar-refractivity contribution in [1.82, 2.24) is 10.3 Å². The minimum atomic E-state index is -0.169. The molecule has 1 saturated carbocycles. The van der Waals surface area contributed by atoms with Crippen molar-refractivity contribution < 1.29 is 9.53 Å². The average Bonchev–Trinajstić information content (AvgIpc) is 3.11. The maximum atomic E-state index is 11.9. The van der Waals surface area contributed by atoms with Crippen molar-refractivity contribution in [2.45, 2.75) is 18.9 Å². The van der Waals surface area contributed by atoms with E-state index in [1.54, 1.807) is 19.3 Å². The molecule has 0 atom stereocenters. The zero-order valence-electron chi connectivity index (χ0n) is 10.4. The molecule has 0 radical (unpaired) electrons. The molecule has 1 aliphatic rings.